The molecular weight excluding hydrogens is 262 g/mol. The number of amides is 1. The molecule has 1 aromatic heterocycles. The van der Waals surface area contributed by atoms with Gasteiger partial charge in [0.1, 0.15) is 6.04 Å². The van der Waals surface area contributed by atoms with Gasteiger partial charge in [-0.2, -0.15) is 0 Å². The van der Waals surface area contributed by atoms with Crippen molar-refractivity contribution >= 4 is 11.9 Å². The van der Waals surface area contributed by atoms with E-state index in [1.54, 1.807) is 0 Å². The molecule has 1 aliphatic carbocycles. The molecule has 20 heavy (non-hydrogen) atoms. The molecule has 3 rings (SSSR count). The molecule has 2 fully saturated rings. The molecular formula is C12H19N5O3. The van der Waals surface area contributed by atoms with Crippen LogP contribution in [0.25, 0.3) is 0 Å². The van der Waals surface area contributed by atoms with Crippen LogP contribution in [0.4, 0.5) is 6.01 Å². The number of nitrogens with one attached hydrogen (secondary N) is 2. The summed E-state index contributed by atoms with van der Waals surface area (Å²) in [5.74, 6) is 0.482. The van der Waals surface area contributed by atoms with Gasteiger partial charge in [-0.1, -0.05) is 5.10 Å². The topological polar surface area (TPSA) is 92.5 Å². The van der Waals surface area contributed by atoms with Crippen LogP contribution in [0.15, 0.2) is 4.42 Å². The Labute approximate surface area is 116 Å². The van der Waals surface area contributed by atoms with Crippen LogP contribution in [0, 0.1) is 0 Å². The zero-order valence-electron chi connectivity index (χ0n) is 11.5. The van der Waals surface area contributed by atoms with Crippen molar-refractivity contribution in [2.75, 3.05) is 31.7 Å². The number of rotatable bonds is 5. The lowest BCUT2D eigenvalue weighted by atomic mass is 10.2. The number of nitrogens with zero attached hydrogens (tertiary/aromatic N) is 3. The normalized spacial score (nSPS) is 22.9. The Kier molecular flexibility index (Phi) is 3.83. The molecule has 1 unspecified atom stereocenters. The minimum atomic E-state index is -0.396. The van der Waals surface area contributed by atoms with Crippen LogP contribution < -0.4 is 15.5 Å². The van der Waals surface area contributed by atoms with Gasteiger partial charge >= 0.3 is 6.01 Å². The smallest absolute Gasteiger partial charge is 0.319 e. The maximum Gasteiger partial charge on any atom is 0.319 e. The van der Waals surface area contributed by atoms with Crippen LogP contribution in [0.2, 0.25) is 0 Å². The molecule has 8 heteroatoms. The Balaban J connectivity index is 1.71. The molecule has 1 saturated heterocycles. The molecule has 1 aromatic rings. The molecule has 0 aromatic carbocycles. The first-order chi connectivity index (χ1) is 9.78. The van der Waals surface area contributed by atoms with Gasteiger partial charge in [-0.3, -0.25) is 4.79 Å². The predicted octanol–water partition coefficient (Wildman–Crippen LogP) is -0.727. The fraction of sp³-hybridized carbons (Fsp3) is 0.750. The van der Waals surface area contributed by atoms with Gasteiger partial charge in [0, 0.05) is 12.6 Å². The zero-order valence-corrected chi connectivity index (χ0v) is 11.5. The van der Waals surface area contributed by atoms with Crippen molar-refractivity contribution in [2.24, 2.45) is 0 Å². The van der Waals surface area contributed by atoms with Crippen molar-refractivity contribution in [3.8, 4) is 0 Å². The van der Waals surface area contributed by atoms with E-state index < -0.39 is 6.04 Å². The van der Waals surface area contributed by atoms with E-state index in [9.17, 15) is 4.79 Å². The van der Waals surface area contributed by atoms with Gasteiger partial charge in [0.25, 0.3) is 0 Å². The second-order valence-electron chi connectivity index (χ2n) is 5.08. The Morgan fingerprint density at radius 1 is 1.45 bits per heavy atom. The fourth-order valence-corrected chi connectivity index (χ4v) is 2.16. The van der Waals surface area contributed by atoms with Crippen LogP contribution >= 0.6 is 0 Å². The zero-order chi connectivity index (χ0) is 13.9. The summed E-state index contributed by atoms with van der Waals surface area (Å²) < 4.78 is 11.0. The van der Waals surface area contributed by atoms with Crippen molar-refractivity contribution in [3.63, 3.8) is 0 Å². The maximum absolute atomic E-state index is 12.2. The van der Waals surface area contributed by atoms with E-state index in [-0.39, 0.29) is 5.91 Å². The molecule has 8 nitrogen and oxygen atoms in total. The second kappa shape index (κ2) is 5.76. The Morgan fingerprint density at radius 3 is 3.05 bits per heavy atom. The van der Waals surface area contributed by atoms with E-state index in [0.29, 0.717) is 44.3 Å². The highest BCUT2D eigenvalue weighted by Gasteiger charge is 2.35. The highest BCUT2D eigenvalue weighted by Crippen LogP contribution is 2.22. The molecule has 0 radical (unpaired) electrons. The molecule has 2 heterocycles. The van der Waals surface area contributed by atoms with Crippen molar-refractivity contribution in [2.45, 2.75) is 31.5 Å². The van der Waals surface area contributed by atoms with Crippen LogP contribution in [-0.2, 0) is 16.1 Å². The highest BCUT2D eigenvalue weighted by molar-refractivity contribution is 5.85. The third kappa shape index (κ3) is 2.91. The summed E-state index contributed by atoms with van der Waals surface area (Å²) in [6.45, 7) is 1.99. The summed E-state index contributed by atoms with van der Waals surface area (Å²) >= 11 is 0. The summed E-state index contributed by atoms with van der Waals surface area (Å²) in [6, 6.07) is 0.315. The monoisotopic (exact) mass is 281 g/mol. The van der Waals surface area contributed by atoms with Crippen LogP contribution in [0.1, 0.15) is 18.7 Å². The largest absolute Gasteiger partial charge is 0.407 e. The lowest BCUT2D eigenvalue weighted by Crippen LogP contribution is -2.54. The van der Waals surface area contributed by atoms with E-state index in [2.05, 4.69) is 20.8 Å². The van der Waals surface area contributed by atoms with E-state index in [0.717, 1.165) is 12.8 Å². The Bertz CT molecular complexity index is 473. The van der Waals surface area contributed by atoms with Gasteiger partial charge in [0.15, 0.2) is 0 Å². The number of hydrogen-bond acceptors (Lipinski definition) is 7. The van der Waals surface area contributed by atoms with Crippen molar-refractivity contribution in [1.82, 2.24) is 20.8 Å². The molecule has 0 spiro atoms. The molecule has 1 aliphatic heterocycles. The van der Waals surface area contributed by atoms with Gasteiger partial charge in [-0.25, -0.2) is 0 Å². The Hall–Kier alpha value is -1.67. The third-order valence-corrected chi connectivity index (χ3v) is 3.38. The average Bonchev–Trinajstić information content (AvgIpc) is 3.15. The van der Waals surface area contributed by atoms with E-state index in [1.807, 2.05) is 11.9 Å². The number of ether oxygens (including phenoxy) is 1. The molecule has 2 N–H and O–H groups in total. The molecule has 1 atom stereocenters. The Morgan fingerprint density at radius 2 is 2.30 bits per heavy atom. The van der Waals surface area contributed by atoms with E-state index in [1.165, 1.54) is 0 Å². The maximum atomic E-state index is 12.2. The van der Waals surface area contributed by atoms with E-state index in [4.69, 9.17) is 9.15 Å². The fourth-order valence-electron chi connectivity index (χ4n) is 2.16. The third-order valence-electron chi connectivity index (χ3n) is 3.38. The number of anilines is 1. The quantitative estimate of drug-likeness (QED) is 0.735. The molecule has 2 aliphatic rings. The lowest BCUT2D eigenvalue weighted by Gasteiger charge is -2.32. The molecule has 1 amide bonds. The highest BCUT2D eigenvalue weighted by atomic mass is 16.5. The summed E-state index contributed by atoms with van der Waals surface area (Å²) in [4.78, 5) is 14.1. The second-order valence-corrected chi connectivity index (χ2v) is 5.08. The minimum Gasteiger partial charge on any atom is -0.407 e. The van der Waals surface area contributed by atoms with Gasteiger partial charge in [0.05, 0.1) is 19.8 Å². The number of carbonyl (C=O) groups is 1. The van der Waals surface area contributed by atoms with Gasteiger partial charge < -0.3 is 24.7 Å². The summed E-state index contributed by atoms with van der Waals surface area (Å²) in [6.07, 6.45) is 2.12. The van der Waals surface area contributed by atoms with Crippen molar-refractivity contribution in [1.29, 1.82) is 0 Å². The average molecular weight is 281 g/mol. The summed E-state index contributed by atoms with van der Waals surface area (Å²) in [5.41, 5.74) is 0. The molecule has 110 valence electrons. The molecule has 0 bridgehead atoms. The number of morpholine rings is 1. The summed E-state index contributed by atoms with van der Waals surface area (Å²) in [5, 5.41) is 13.9. The SMILES string of the molecule is CNCc1nnc(N2CCOCC2C(=O)NC2CC2)o1. The first-order valence-electron chi connectivity index (χ1n) is 6.89. The van der Waals surface area contributed by atoms with Crippen molar-refractivity contribution < 1.29 is 13.9 Å². The number of hydrogen-bond donors (Lipinski definition) is 2. The lowest BCUT2D eigenvalue weighted by molar-refractivity contribution is -0.124. The first-order valence-corrected chi connectivity index (χ1v) is 6.89. The van der Waals surface area contributed by atoms with Crippen molar-refractivity contribution in [3.05, 3.63) is 5.89 Å². The predicted molar refractivity (Wildman–Crippen MR) is 70.2 cm³/mol. The summed E-state index contributed by atoms with van der Waals surface area (Å²) in [7, 11) is 1.81. The van der Waals surface area contributed by atoms with Crippen LogP contribution in [0.3, 0.4) is 0 Å². The van der Waals surface area contributed by atoms with Crippen LogP contribution in [0.5, 0.6) is 0 Å². The standard InChI is InChI=1S/C12H19N5O3/c1-13-6-10-15-16-12(20-10)17-4-5-19-7-9(17)11(18)14-8-2-3-8/h8-9,13H,2-7H2,1H3,(H,14,18). The van der Waals surface area contributed by atoms with Crippen LogP contribution in [-0.4, -0.2) is 55.0 Å². The molecule has 1 saturated carbocycles. The number of aromatic nitrogens is 2. The first kappa shape index (κ1) is 13.3. The van der Waals surface area contributed by atoms with Gasteiger partial charge in [-0.15, -0.1) is 5.10 Å². The minimum absolute atomic E-state index is 0.0273. The van der Waals surface area contributed by atoms with Gasteiger partial charge in [0.2, 0.25) is 11.8 Å². The van der Waals surface area contributed by atoms with E-state index >= 15 is 0 Å². The number of carbonyl (C=O) groups excluding carboxylic acids is 1. The van der Waals surface area contributed by atoms with Gasteiger partial charge in [-0.05, 0) is 19.9 Å².